The van der Waals surface area contributed by atoms with Crippen molar-refractivity contribution in [2.45, 2.75) is 4.90 Å². The molecule has 0 unspecified atom stereocenters. The molecule has 0 saturated heterocycles. The van der Waals surface area contributed by atoms with E-state index in [1.54, 1.807) is 54.7 Å². The van der Waals surface area contributed by atoms with E-state index >= 15 is 0 Å². The zero-order valence-electron chi connectivity index (χ0n) is 15.6. The van der Waals surface area contributed by atoms with Gasteiger partial charge in [-0.15, -0.1) is 0 Å². The lowest BCUT2D eigenvalue weighted by Gasteiger charge is -2.07. The molecule has 0 aliphatic heterocycles. The summed E-state index contributed by atoms with van der Waals surface area (Å²) in [5.41, 5.74) is 2.59. The predicted molar refractivity (Wildman–Crippen MR) is 117 cm³/mol. The number of rotatable bonds is 4. The Labute approximate surface area is 178 Å². The predicted octanol–water partition coefficient (Wildman–Crippen LogP) is 5.85. The molecule has 5 rings (SSSR count). The summed E-state index contributed by atoms with van der Waals surface area (Å²) in [4.78, 5) is 4.80. The molecular formula is C23H15ClN2O3S. The minimum Gasteiger partial charge on any atom is -0.444 e. The fourth-order valence-electron chi connectivity index (χ4n) is 3.38. The Morgan fingerprint density at radius 2 is 1.57 bits per heavy atom. The van der Waals surface area contributed by atoms with Crippen molar-refractivity contribution in [3.8, 4) is 22.7 Å². The van der Waals surface area contributed by atoms with Crippen LogP contribution in [0.15, 0.2) is 101 Å². The molecule has 0 N–H and O–H groups in total. The second-order valence-electron chi connectivity index (χ2n) is 6.72. The van der Waals surface area contributed by atoms with E-state index in [1.165, 1.54) is 10.2 Å². The highest BCUT2D eigenvalue weighted by Gasteiger charge is 2.22. The van der Waals surface area contributed by atoms with Crippen LogP contribution in [0.25, 0.3) is 33.6 Å². The molecule has 148 valence electrons. The summed E-state index contributed by atoms with van der Waals surface area (Å²) in [6.07, 6.45) is 3.13. The number of hydrogen-bond acceptors (Lipinski definition) is 4. The minimum absolute atomic E-state index is 0.222. The average Bonchev–Trinajstić information content (AvgIpc) is 3.40. The van der Waals surface area contributed by atoms with Crippen LogP contribution < -0.4 is 0 Å². The van der Waals surface area contributed by atoms with Gasteiger partial charge in [0.05, 0.1) is 10.4 Å². The molecule has 5 nitrogen and oxygen atoms in total. The molecule has 3 aromatic carbocycles. The van der Waals surface area contributed by atoms with Gasteiger partial charge in [-0.1, -0.05) is 48.0 Å². The van der Waals surface area contributed by atoms with E-state index in [4.69, 9.17) is 16.0 Å². The normalized spacial score (nSPS) is 11.8. The molecule has 0 radical (unpaired) electrons. The van der Waals surface area contributed by atoms with E-state index in [0.717, 1.165) is 10.9 Å². The monoisotopic (exact) mass is 434 g/mol. The van der Waals surface area contributed by atoms with Crippen LogP contribution in [-0.4, -0.2) is 17.4 Å². The van der Waals surface area contributed by atoms with Gasteiger partial charge in [0.15, 0.2) is 0 Å². The first-order chi connectivity index (χ1) is 14.5. The third-order valence-electron chi connectivity index (χ3n) is 4.85. The lowest BCUT2D eigenvalue weighted by Crippen LogP contribution is -2.11. The Hall–Kier alpha value is -3.35. The topological polar surface area (TPSA) is 65.1 Å². The highest BCUT2D eigenvalue weighted by Crippen LogP contribution is 2.34. The fourth-order valence-corrected chi connectivity index (χ4v) is 4.90. The maximum atomic E-state index is 13.3. The Balaban J connectivity index is 1.66. The molecule has 2 heterocycles. The van der Waals surface area contributed by atoms with Crippen molar-refractivity contribution in [2.24, 2.45) is 0 Å². The number of hydrogen-bond donors (Lipinski definition) is 0. The van der Waals surface area contributed by atoms with Gasteiger partial charge in [0.1, 0.15) is 12.0 Å². The molecule has 5 aromatic rings. The van der Waals surface area contributed by atoms with Gasteiger partial charge in [0.2, 0.25) is 5.89 Å². The number of oxazole rings is 1. The fraction of sp³-hybridized carbons (Fsp3) is 0. The smallest absolute Gasteiger partial charge is 0.268 e. The first kappa shape index (κ1) is 18.7. The van der Waals surface area contributed by atoms with E-state index < -0.39 is 10.0 Å². The van der Waals surface area contributed by atoms with Crippen LogP contribution in [0.3, 0.4) is 0 Å². The molecular weight excluding hydrogens is 420 g/mol. The third kappa shape index (κ3) is 3.10. The molecule has 30 heavy (non-hydrogen) atoms. The number of aromatic nitrogens is 2. The van der Waals surface area contributed by atoms with E-state index in [9.17, 15) is 8.42 Å². The van der Waals surface area contributed by atoms with Crippen molar-refractivity contribution in [2.75, 3.05) is 0 Å². The Morgan fingerprint density at radius 1 is 0.867 bits per heavy atom. The standard InChI is InChI=1S/C23H15ClN2O3S/c24-17-12-10-16(11-13-17)23-25-21(15-29-23)20-14-26(22-9-5-4-8-19(20)22)30(27,28)18-6-2-1-3-7-18/h1-15H. The van der Waals surface area contributed by atoms with Crippen molar-refractivity contribution in [3.05, 3.63) is 96.3 Å². The number of para-hydroxylation sites is 1. The van der Waals surface area contributed by atoms with Crippen molar-refractivity contribution in [1.29, 1.82) is 0 Å². The molecule has 0 bridgehead atoms. The quantitative estimate of drug-likeness (QED) is 0.355. The van der Waals surface area contributed by atoms with Gasteiger partial charge in [-0.2, -0.15) is 0 Å². The Morgan fingerprint density at radius 3 is 2.33 bits per heavy atom. The summed E-state index contributed by atoms with van der Waals surface area (Å²) in [7, 11) is -3.76. The molecule has 2 aromatic heterocycles. The van der Waals surface area contributed by atoms with Gasteiger partial charge in [-0.05, 0) is 42.5 Å². The molecule has 0 spiro atoms. The van der Waals surface area contributed by atoms with Crippen LogP contribution >= 0.6 is 11.6 Å². The summed E-state index contributed by atoms with van der Waals surface area (Å²) >= 11 is 5.95. The molecule has 0 atom stereocenters. The van der Waals surface area contributed by atoms with Gasteiger partial charge in [-0.25, -0.2) is 17.4 Å². The maximum absolute atomic E-state index is 13.3. The third-order valence-corrected chi connectivity index (χ3v) is 6.79. The molecule has 0 fully saturated rings. The van der Waals surface area contributed by atoms with Crippen LogP contribution in [0.1, 0.15) is 0 Å². The van der Waals surface area contributed by atoms with E-state index in [0.29, 0.717) is 27.7 Å². The summed E-state index contributed by atoms with van der Waals surface area (Å²) in [5, 5.41) is 1.40. The van der Waals surface area contributed by atoms with Gasteiger partial charge >= 0.3 is 0 Å². The summed E-state index contributed by atoms with van der Waals surface area (Å²) in [6.45, 7) is 0. The maximum Gasteiger partial charge on any atom is 0.268 e. The summed E-state index contributed by atoms with van der Waals surface area (Å²) in [6, 6.07) is 22.8. The second kappa shape index (κ2) is 7.16. The zero-order chi connectivity index (χ0) is 20.7. The van der Waals surface area contributed by atoms with Crippen LogP contribution in [0, 0.1) is 0 Å². The van der Waals surface area contributed by atoms with Gasteiger partial charge in [-0.3, -0.25) is 0 Å². The summed E-state index contributed by atoms with van der Waals surface area (Å²) < 4.78 is 33.5. The summed E-state index contributed by atoms with van der Waals surface area (Å²) in [5.74, 6) is 0.435. The number of fused-ring (bicyclic) bond motifs is 1. The van der Waals surface area contributed by atoms with Gasteiger partial charge in [0.25, 0.3) is 10.0 Å². The molecule has 7 heteroatoms. The molecule has 0 saturated carbocycles. The van der Waals surface area contributed by atoms with E-state index in [2.05, 4.69) is 4.98 Å². The average molecular weight is 435 g/mol. The molecule has 0 aliphatic carbocycles. The highest BCUT2D eigenvalue weighted by molar-refractivity contribution is 7.90. The van der Waals surface area contributed by atoms with E-state index in [-0.39, 0.29) is 4.90 Å². The van der Waals surface area contributed by atoms with Crippen molar-refractivity contribution in [3.63, 3.8) is 0 Å². The number of benzene rings is 3. The van der Waals surface area contributed by atoms with Crippen LogP contribution in [0.4, 0.5) is 0 Å². The van der Waals surface area contributed by atoms with E-state index in [1.807, 2.05) is 30.3 Å². The van der Waals surface area contributed by atoms with Crippen molar-refractivity contribution >= 4 is 32.5 Å². The molecule has 0 aliphatic rings. The Kier molecular flexibility index (Phi) is 4.46. The van der Waals surface area contributed by atoms with Crippen LogP contribution in [0.5, 0.6) is 0 Å². The van der Waals surface area contributed by atoms with Crippen molar-refractivity contribution in [1.82, 2.24) is 8.96 Å². The van der Waals surface area contributed by atoms with Crippen LogP contribution in [0.2, 0.25) is 5.02 Å². The number of halogens is 1. The van der Waals surface area contributed by atoms with Crippen LogP contribution in [-0.2, 0) is 10.0 Å². The number of nitrogens with zero attached hydrogens (tertiary/aromatic N) is 2. The highest BCUT2D eigenvalue weighted by atomic mass is 35.5. The first-order valence-electron chi connectivity index (χ1n) is 9.16. The lowest BCUT2D eigenvalue weighted by molar-refractivity contribution is 0.575. The van der Waals surface area contributed by atoms with Gasteiger partial charge in [0, 0.05) is 27.7 Å². The Bertz CT molecular complexity index is 1450. The second-order valence-corrected chi connectivity index (χ2v) is 8.97. The largest absolute Gasteiger partial charge is 0.444 e. The lowest BCUT2D eigenvalue weighted by atomic mass is 10.1. The van der Waals surface area contributed by atoms with Gasteiger partial charge < -0.3 is 4.42 Å². The molecule has 0 amide bonds. The zero-order valence-corrected chi connectivity index (χ0v) is 17.1. The van der Waals surface area contributed by atoms with Crippen molar-refractivity contribution < 1.29 is 12.8 Å². The minimum atomic E-state index is -3.76. The SMILES string of the molecule is O=S(=O)(c1ccccc1)n1cc(-c2coc(-c3ccc(Cl)cc3)n2)c2ccccc21. The first-order valence-corrected chi connectivity index (χ1v) is 11.0.